The van der Waals surface area contributed by atoms with E-state index >= 15 is 0 Å². The summed E-state index contributed by atoms with van der Waals surface area (Å²) in [6.45, 7) is 5.31. The summed E-state index contributed by atoms with van der Waals surface area (Å²) in [4.78, 5) is 25.9. The molecule has 2 heterocycles. The maximum Gasteiger partial charge on any atom is 0.190 e. The van der Waals surface area contributed by atoms with Crippen LogP contribution in [0, 0.1) is 29.1 Å². The van der Waals surface area contributed by atoms with Crippen LogP contribution in [0.1, 0.15) is 52.9 Å². The van der Waals surface area contributed by atoms with Gasteiger partial charge in [-0.1, -0.05) is 26.8 Å². The zero-order chi connectivity index (χ0) is 23.2. The van der Waals surface area contributed by atoms with Gasteiger partial charge in [-0.15, -0.1) is 0 Å². The van der Waals surface area contributed by atoms with Crippen LogP contribution in [-0.4, -0.2) is 74.4 Å². The molecule has 0 aromatic rings. The van der Waals surface area contributed by atoms with Gasteiger partial charge in [0, 0.05) is 29.6 Å². The van der Waals surface area contributed by atoms with Crippen molar-refractivity contribution in [2.24, 2.45) is 29.1 Å². The maximum absolute atomic E-state index is 13.7. The fraction of sp³-hybridized carbons (Fsp3) is 0.833. The quantitative estimate of drug-likeness (QED) is 0.455. The highest BCUT2D eigenvalue weighted by molar-refractivity contribution is 5.89. The second-order valence-electron chi connectivity index (χ2n) is 11.2. The third kappa shape index (κ3) is 2.77. The number of fused-ring (bicyclic) bond motifs is 3. The van der Waals surface area contributed by atoms with E-state index in [4.69, 9.17) is 9.47 Å². The van der Waals surface area contributed by atoms with E-state index in [9.17, 15) is 30.0 Å². The molecule has 8 heteroatoms. The van der Waals surface area contributed by atoms with Crippen LogP contribution in [0.5, 0.6) is 0 Å². The van der Waals surface area contributed by atoms with Gasteiger partial charge in [0.1, 0.15) is 29.4 Å². The first-order valence-electron chi connectivity index (χ1n) is 11.8. The third-order valence-electron chi connectivity index (χ3n) is 9.09. The molecular formula is C24H34O8. The van der Waals surface area contributed by atoms with Gasteiger partial charge >= 0.3 is 0 Å². The summed E-state index contributed by atoms with van der Waals surface area (Å²) in [7, 11) is 0. The first kappa shape index (κ1) is 22.6. The van der Waals surface area contributed by atoms with Gasteiger partial charge in [0.15, 0.2) is 11.9 Å². The lowest BCUT2D eigenvalue weighted by Crippen LogP contribution is -2.77. The lowest BCUT2D eigenvalue weighted by atomic mass is 9.57. The van der Waals surface area contributed by atoms with Crippen LogP contribution in [0.15, 0.2) is 11.6 Å². The Morgan fingerprint density at radius 1 is 1.28 bits per heavy atom. The number of aliphatic hydroxyl groups excluding tert-OH is 2. The Bertz CT molecular complexity index is 868. The van der Waals surface area contributed by atoms with Gasteiger partial charge in [-0.05, 0) is 37.2 Å². The monoisotopic (exact) mass is 450 g/mol. The highest BCUT2D eigenvalue weighted by Crippen LogP contribution is 2.60. The second-order valence-corrected chi connectivity index (χ2v) is 11.2. The minimum Gasteiger partial charge on any atom is -0.387 e. The second kappa shape index (κ2) is 7.17. The minimum atomic E-state index is -2.03. The molecule has 0 spiro atoms. The summed E-state index contributed by atoms with van der Waals surface area (Å²) >= 11 is 0. The number of ketones is 2. The van der Waals surface area contributed by atoms with Crippen LogP contribution in [0.2, 0.25) is 0 Å². The molecule has 2 saturated heterocycles. The van der Waals surface area contributed by atoms with Crippen molar-refractivity contribution < 1.29 is 39.5 Å². The molecule has 5 rings (SSSR count). The molecular weight excluding hydrogens is 416 g/mol. The highest BCUT2D eigenvalue weighted by Gasteiger charge is 2.76. The lowest BCUT2D eigenvalue weighted by molar-refractivity contribution is -0.341. The van der Waals surface area contributed by atoms with E-state index in [1.165, 1.54) is 0 Å². The number of aliphatic hydroxyl groups is 4. The first-order valence-corrected chi connectivity index (χ1v) is 11.8. The van der Waals surface area contributed by atoms with Crippen LogP contribution >= 0.6 is 0 Å². The smallest absolute Gasteiger partial charge is 0.190 e. The number of ether oxygens (including phenoxy) is 2. The van der Waals surface area contributed by atoms with E-state index in [-0.39, 0.29) is 35.9 Å². The number of carbonyl (C=O) groups excluding carboxylic acids is 2. The van der Waals surface area contributed by atoms with Crippen molar-refractivity contribution in [1.82, 2.24) is 0 Å². The number of hydrogen-bond donors (Lipinski definition) is 4. The average molecular weight is 451 g/mol. The average Bonchev–Trinajstić information content (AvgIpc) is 2.97. The molecule has 10 atom stereocenters. The Hall–Kier alpha value is -1.16. The topological polar surface area (TPSA) is 134 Å². The molecule has 0 aromatic carbocycles. The summed E-state index contributed by atoms with van der Waals surface area (Å²) in [6, 6.07) is 0. The molecule has 5 aliphatic rings. The Balaban J connectivity index is 1.48. The van der Waals surface area contributed by atoms with E-state index in [0.717, 1.165) is 0 Å². The number of carbonyl (C=O) groups is 2. The molecule has 3 aliphatic carbocycles. The van der Waals surface area contributed by atoms with Crippen molar-refractivity contribution in [2.45, 2.75) is 88.7 Å². The molecule has 2 bridgehead atoms. The van der Waals surface area contributed by atoms with Crippen molar-refractivity contribution in [1.29, 1.82) is 0 Å². The van der Waals surface area contributed by atoms with E-state index in [0.29, 0.717) is 37.7 Å². The Morgan fingerprint density at radius 2 is 2.00 bits per heavy atom. The zero-order valence-corrected chi connectivity index (χ0v) is 18.9. The van der Waals surface area contributed by atoms with Crippen molar-refractivity contribution in [3.05, 3.63) is 11.6 Å². The van der Waals surface area contributed by atoms with Crippen LogP contribution in [0.4, 0.5) is 0 Å². The predicted octanol–water partition coefficient (Wildman–Crippen LogP) is 0.492. The third-order valence-corrected chi connectivity index (χ3v) is 9.09. The minimum absolute atomic E-state index is 0.0607. The molecule has 32 heavy (non-hydrogen) atoms. The summed E-state index contributed by atoms with van der Waals surface area (Å²) < 4.78 is 11.7. The van der Waals surface area contributed by atoms with Crippen molar-refractivity contribution >= 4 is 11.6 Å². The van der Waals surface area contributed by atoms with Crippen LogP contribution in [0.25, 0.3) is 0 Å². The Labute approximate surface area is 187 Å². The summed E-state index contributed by atoms with van der Waals surface area (Å²) in [5.74, 6) is -1.18. The van der Waals surface area contributed by atoms with E-state index in [1.54, 1.807) is 6.08 Å². The molecule has 4 N–H and O–H groups in total. The highest BCUT2D eigenvalue weighted by atomic mass is 16.7. The fourth-order valence-electron chi connectivity index (χ4n) is 6.96. The maximum atomic E-state index is 13.7. The first-order chi connectivity index (χ1) is 14.9. The van der Waals surface area contributed by atoms with Gasteiger partial charge in [0.25, 0.3) is 0 Å². The fourth-order valence-corrected chi connectivity index (χ4v) is 6.96. The molecule has 4 fully saturated rings. The summed E-state index contributed by atoms with van der Waals surface area (Å²) in [5, 5.41) is 44.3. The Morgan fingerprint density at radius 3 is 2.69 bits per heavy atom. The molecule has 0 amide bonds. The molecule has 2 saturated carbocycles. The number of rotatable bonds is 4. The van der Waals surface area contributed by atoms with E-state index in [1.807, 2.05) is 20.8 Å². The summed E-state index contributed by atoms with van der Waals surface area (Å²) in [5.41, 5.74) is -4.10. The lowest BCUT2D eigenvalue weighted by Gasteiger charge is -2.56. The SMILES string of the molecule is CC(C)C(=O)CC[C@]1(C)CCC2[C@H](CC=C3C(O)C4(O)COC5O[C@H]2[C@@H]3C5(O)C4O)C1=O. The molecule has 2 aliphatic heterocycles. The normalized spacial score (nSPS) is 51.8. The predicted molar refractivity (Wildman–Crippen MR) is 111 cm³/mol. The van der Waals surface area contributed by atoms with Gasteiger partial charge in [-0.25, -0.2) is 0 Å². The van der Waals surface area contributed by atoms with Crippen LogP contribution < -0.4 is 0 Å². The largest absolute Gasteiger partial charge is 0.387 e. The summed E-state index contributed by atoms with van der Waals surface area (Å²) in [6.07, 6.45) is -0.497. The van der Waals surface area contributed by atoms with Gasteiger partial charge in [-0.2, -0.15) is 0 Å². The molecule has 0 radical (unpaired) electrons. The molecule has 6 unspecified atom stereocenters. The van der Waals surface area contributed by atoms with Crippen LogP contribution in [-0.2, 0) is 19.1 Å². The van der Waals surface area contributed by atoms with Gasteiger partial charge in [0.05, 0.1) is 12.7 Å². The number of hydrogen-bond acceptors (Lipinski definition) is 8. The molecule has 8 nitrogen and oxygen atoms in total. The van der Waals surface area contributed by atoms with E-state index in [2.05, 4.69) is 0 Å². The van der Waals surface area contributed by atoms with Crippen molar-refractivity contribution in [3.8, 4) is 0 Å². The zero-order valence-electron chi connectivity index (χ0n) is 18.9. The van der Waals surface area contributed by atoms with Crippen molar-refractivity contribution in [2.75, 3.05) is 6.61 Å². The van der Waals surface area contributed by atoms with Gasteiger partial charge in [-0.3, -0.25) is 9.59 Å². The van der Waals surface area contributed by atoms with Gasteiger partial charge in [0.2, 0.25) is 0 Å². The number of allylic oxidation sites excluding steroid dienone is 1. The van der Waals surface area contributed by atoms with Crippen molar-refractivity contribution in [3.63, 3.8) is 0 Å². The number of Topliss-reactive ketones (excluding diaryl/α,β-unsaturated/α-hetero) is 2. The molecule has 0 aromatic heterocycles. The Kier molecular flexibility index (Phi) is 5.07. The molecule has 178 valence electrons. The standard InChI is InChI=1S/C24H34O8/c1-11(2)15(25)7-9-22(3)8-6-12-13(18(22)26)4-5-14-16-17(12)32-21-24(16,30)20(28)23(29,10-31-21)19(14)27/h5,11-13,16-17,19-21,27-30H,4,6-10H2,1-3H3/t12?,13-,16+,17+,19?,20?,21?,22-,23?,24?/m0/s1. The van der Waals surface area contributed by atoms with Crippen LogP contribution in [0.3, 0.4) is 0 Å². The van der Waals surface area contributed by atoms with Gasteiger partial charge < -0.3 is 29.9 Å². The van der Waals surface area contributed by atoms with E-state index < -0.39 is 47.1 Å².